The SMILES string of the molecule is CCNC(Cc1ccc(Br)cc1Cl)c1ccc(Cl)s1. The summed E-state index contributed by atoms with van der Waals surface area (Å²) in [5.74, 6) is 0. The number of halogens is 3. The van der Waals surface area contributed by atoms with Crippen LogP contribution in [0.5, 0.6) is 0 Å². The van der Waals surface area contributed by atoms with E-state index in [1.807, 2.05) is 18.2 Å². The van der Waals surface area contributed by atoms with Gasteiger partial charge in [0.05, 0.1) is 4.34 Å². The monoisotopic (exact) mass is 377 g/mol. The van der Waals surface area contributed by atoms with Crippen molar-refractivity contribution < 1.29 is 0 Å². The van der Waals surface area contributed by atoms with Gasteiger partial charge in [-0.2, -0.15) is 0 Å². The summed E-state index contributed by atoms with van der Waals surface area (Å²) in [6, 6.07) is 10.3. The molecule has 1 heterocycles. The van der Waals surface area contributed by atoms with Crippen molar-refractivity contribution in [3.8, 4) is 0 Å². The molecule has 1 aromatic carbocycles. The summed E-state index contributed by atoms with van der Waals surface area (Å²) in [5.41, 5.74) is 1.14. The zero-order valence-electron chi connectivity index (χ0n) is 10.4. The third kappa shape index (κ3) is 4.20. The predicted molar refractivity (Wildman–Crippen MR) is 88.6 cm³/mol. The molecule has 0 amide bonds. The minimum Gasteiger partial charge on any atom is -0.309 e. The van der Waals surface area contributed by atoms with Gasteiger partial charge in [0.2, 0.25) is 0 Å². The van der Waals surface area contributed by atoms with E-state index < -0.39 is 0 Å². The molecule has 2 aromatic rings. The fourth-order valence-corrected chi connectivity index (χ4v) is 3.83. The maximum atomic E-state index is 6.29. The summed E-state index contributed by atoms with van der Waals surface area (Å²) < 4.78 is 1.82. The molecule has 0 aliphatic carbocycles. The van der Waals surface area contributed by atoms with Crippen molar-refractivity contribution in [2.75, 3.05) is 6.54 Å². The Hall–Kier alpha value is -0.0600. The van der Waals surface area contributed by atoms with E-state index in [2.05, 4.69) is 40.3 Å². The fraction of sp³-hybridized carbons (Fsp3) is 0.286. The van der Waals surface area contributed by atoms with Gasteiger partial charge in [-0.05, 0) is 42.8 Å². The van der Waals surface area contributed by atoms with Crippen LogP contribution in [0, 0.1) is 0 Å². The van der Waals surface area contributed by atoms with Crippen LogP contribution in [-0.2, 0) is 6.42 Å². The molecule has 1 aromatic heterocycles. The molecule has 0 aliphatic heterocycles. The van der Waals surface area contributed by atoms with Crippen LogP contribution >= 0.6 is 50.5 Å². The first-order valence-electron chi connectivity index (χ1n) is 6.02. The first-order valence-corrected chi connectivity index (χ1v) is 8.39. The molecule has 0 bridgehead atoms. The standard InChI is InChI=1S/C14H14BrCl2NS/c1-2-18-12(13-5-6-14(17)19-13)7-9-3-4-10(15)8-11(9)16/h3-6,8,12,18H,2,7H2,1H3. The molecule has 0 aliphatic rings. The lowest BCUT2D eigenvalue weighted by Gasteiger charge is -2.17. The molecule has 0 spiro atoms. The largest absolute Gasteiger partial charge is 0.309 e. The minimum atomic E-state index is 0.251. The number of hydrogen-bond donors (Lipinski definition) is 1. The number of benzene rings is 1. The summed E-state index contributed by atoms with van der Waals surface area (Å²) in [4.78, 5) is 1.24. The van der Waals surface area contributed by atoms with Crippen molar-refractivity contribution >= 4 is 50.5 Å². The molecule has 1 atom stereocenters. The molecule has 1 nitrogen and oxygen atoms in total. The highest BCUT2D eigenvalue weighted by molar-refractivity contribution is 9.10. The van der Waals surface area contributed by atoms with Crippen molar-refractivity contribution in [2.24, 2.45) is 0 Å². The van der Waals surface area contributed by atoms with E-state index in [9.17, 15) is 0 Å². The summed E-state index contributed by atoms with van der Waals surface area (Å²) >= 11 is 17.3. The van der Waals surface area contributed by atoms with E-state index in [4.69, 9.17) is 23.2 Å². The molecule has 0 fully saturated rings. The first-order chi connectivity index (χ1) is 9.10. The Balaban J connectivity index is 2.21. The highest BCUT2D eigenvalue weighted by atomic mass is 79.9. The Morgan fingerprint density at radius 2 is 2.05 bits per heavy atom. The van der Waals surface area contributed by atoms with Gasteiger partial charge in [-0.25, -0.2) is 0 Å². The number of likely N-dealkylation sites (N-methyl/N-ethyl adjacent to an activating group) is 1. The Morgan fingerprint density at radius 1 is 1.26 bits per heavy atom. The second-order valence-electron chi connectivity index (χ2n) is 4.19. The van der Waals surface area contributed by atoms with Crippen LogP contribution in [0.1, 0.15) is 23.4 Å². The maximum absolute atomic E-state index is 6.29. The van der Waals surface area contributed by atoms with Gasteiger partial charge in [0.25, 0.3) is 0 Å². The van der Waals surface area contributed by atoms with Crippen molar-refractivity contribution in [3.05, 3.63) is 54.6 Å². The van der Waals surface area contributed by atoms with Crippen molar-refractivity contribution in [1.29, 1.82) is 0 Å². The molecule has 102 valence electrons. The summed E-state index contributed by atoms with van der Waals surface area (Å²) in [6.45, 7) is 3.01. The third-order valence-corrected chi connectivity index (χ3v) is 5.02. The zero-order chi connectivity index (χ0) is 13.8. The van der Waals surface area contributed by atoms with Crippen LogP contribution in [-0.4, -0.2) is 6.54 Å². The van der Waals surface area contributed by atoms with Crippen LogP contribution < -0.4 is 5.32 Å². The van der Waals surface area contributed by atoms with E-state index in [0.29, 0.717) is 0 Å². The Kier molecular flexibility index (Phi) is 5.72. The number of thiophene rings is 1. The summed E-state index contributed by atoms with van der Waals surface area (Å²) in [5, 5.41) is 4.28. The van der Waals surface area contributed by atoms with Gasteiger partial charge in [0.1, 0.15) is 0 Å². The van der Waals surface area contributed by atoms with Crippen LogP contribution in [0.2, 0.25) is 9.36 Å². The Labute approximate surface area is 136 Å². The van der Waals surface area contributed by atoms with Crippen LogP contribution in [0.15, 0.2) is 34.8 Å². The topological polar surface area (TPSA) is 12.0 Å². The molecule has 0 saturated carbocycles. The lowest BCUT2D eigenvalue weighted by atomic mass is 10.0. The second kappa shape index (κ2) is 7.09. The molecule has 1 unspecified atom stereocenters. The van der Waals surface area contributed by atoms with Gasteiger partial charge in [0.15, 0.2) is 0 Å². The number of nitrogens with one attached hydrogen (secondary N) is 1. The second-order valence-corrected chi connectivity index (χ2v) is 7.26. The van der Waals surface area contributed by atoms with E-state index in [0.717, 1.165) is 32.4 Å². The van der Waals surface area contributed by atoms with E-state index in [-0.39, 0.29) is 6.04 Å². The number of hydrogen-bond acceptors (Lipinski definition) is 2. The Bertz CT molecular complexity index is 556. The Morgan fingerprint density at radius 3 is 2.63 bits per heavy atom. The minimum absolute atomic E-state index is 0.251. The number of rotatable bonds is 5. The van der Waals surface area contributed by atoms with Crippen molar-refractivity contribution in [1.82, 2.24) is 5.32 Å². The van der Waals surface area contributed by atoms with Crippen LogP contribution in [0.25, 0.3) is 0 Å². The van der Waals surface area contributed by atoms with Gasteiger partial charge in [-0.3, -0.25) is 0 Å². The van der Waals surface area contributed by atoms with Gasteiger partial charge in [-0.15, -0.1) is 11.3 Å². The molecule has 1 N–H and O–H groups in total. The zero-order valence-corrected chi connectivity index (χ0v) is 14.3. The summed E-state index contributed by atoms with van der Waals surface area (Å²) in [6.07, 6.45) is 0.858. The van der Waals surface area contributed by atoms with Gasteiger partial charge in [0, 0.05) is 20.4 Å². The molecule has 5 heteroatoms. The highest BCUT2D eigenvalue weighted by Gasteiger charge is 2.15. The van der Waals surface area contributed by atoms with Crippen LogP contribution in [0.3, 0.4) is 0 Å². The normalized spacial score (nSPS) is 12.6. The summed E-state index contributed by atoms with van der Waals surface area (Å²) in [7, 11) is 0. The highest BCUT2D eigenvalue weighted by Crippen LogP contribution is 2.31. The maximum Gasteiger partial charge on any atom is 0.0931 e. The van der Waals surface area contributed by atoms with Gasteiger partial charge < -0.3 is 5.32 Å². The predicted octanol–water partition coefficient (Wildman–Crippen LogP) is 5.71. The molecule has 2 rings (SSSR count). The molecule has 0 saturated heterocycles. The van der Waals surface area contributed by atoms with Crippen LogP contribution in [0.4, 0.5) is 0 Å². The molecular formula is C14H14BrCl2NS. The van der Waals surface area contributed by atoms with E-state index in [1.165, 1.54) is 4.88 Å². The average molecular weight is 379 g/mol. The van der Waals surface area contributed by atoms with Crippen molar-refractivity contribution in [3.63, 3.8) is 0 Å². The third-order valence-electron chi connectivity index (χ3n) is 2.83. The quantitative estimate of drug-likeness (QED) is 0.702. The molecular weight excluding hydrogens is 365 g/mol. The lowest BCUT2D eigenvalue weighted by molar-refractivity contribution is 0.558. The molecule has 19 heavy (non-hydrogen) atoms. The lowest BCUT2D eigenvalue weighted by Crippen LogP contribution is -2.22. The molecule has 0 radical (unpaired) electrons. The van der Waals surface area contributed by atoms with E-state index in [1.54, 1.807) is 11.3 Å². The fourth-order valence-electron chi connectivity index (χ4n) is 1.94. The van der Waals surface area contributed by atoms with Crippen molar-refractivity contribution in [2.45, 2.75) is 19.4 Å². The van der Waals surface area contributed by atoms with Gasteiger partial charge in [-0.1, -0.05) is 52.1 Å². The average Bonchev–Trinajstić information content (AvgIpc) is 2.78. The first kappa shape index (κ1) is 15.3. The van der Waals surface area contributed by atoms with Gasteiger partial charge >= 0.3 is 0 Å². The smallest absolute Gasteiger partial charge is 0.0931 e. The van der Waals surface area contributed by atoms with E-state index >= 15 is 0 Å².